The normalized spacial score (nSPS) is 9.96. The van der Waals surface area contributed by atoms with Crippen LogP contribution in [0.3, 0.4) is 0 Å². The van der Waals surface area contributed by atoms with Gasteiger partial charge in [-0.3, -0.25) is 0 Å². The second kappa shape index (κ2) is 35.6. The van der Waals surface area contributed by atoms with Gasteiger partial charge < -0.3 is 41.3 Å². The minimum absolute atomic E-state index is 0.267. The van der Waals surface area contributed by atoms with Crippen LogP contribution in [0, 0.1) is 62.0 Å². The van der Waals surface area contributed by atoms with E-state index in [1.54, 1.807) is 67.4 Å². The van der Waals surface area contributed by atoms with E-state index in [-0.39, 0.29) is 17.9 Å². The van der Waals surface area contributed by atoms with E-state index in [4.69, 9.17) is 51.7 Å². The van der Waals surface area contributed by atoms with E-state index >= 15 is 0 Å². The van der Waals surface area contributed by atoms with Crippen molar-refractivity contribution in [3.05, 3.63) is 167 Å². The number of hydrogen-bond donors (Lipinski definition) is 4. The van der Waals surface area contributed by atoms with Crippen molar-refractivity contribution in [2.24, 2.45) is 0 Å². The van der Waals surface area contributed by atoms with Crippen LogP contribution in [0.5, 0.6) is 0 Å². The summed E-state index contributed by atoms with van der Waals surface area (Å²) in [6, 6.07) is 17.4. The van der Waals surface area contributed by atoms with Gasteiger partial charge in [0.2, 0.25) is 0 Å². The number of hydrogen-bond acceptors (Lipinski definition) is 20. The fraction of sp³-hybridized carbons (Fsp3) is 0.296. The van der Waals surface area contributed by atoms with Crippen molar-refractivity contribution < 1.29 is 43.2 Å². The summed E-state index contributed by atoms with van der Waals surface area (Å²) in [6.07, 6.45) is 5.11. The Labute approximate surface area is 491 Å². The number of aromatic carboxylic acids is 1. The van der Waals surface area contributed by atoms with Gasteiger partial charge in [0.25, 0.3) is 0 Å². The van der Waals surface area contributed by atoms with Gasteiger partial charge in [-0.05, 0) is 141 Å². The van der Waals surface area contributed by atoms with Crippen molar-refractivity contribution in [3.63, 3.8) is 0 Å². The van der Waals surface area contributed by atoms with Crippen LogP contribution >= 0.6 is 92.7 Å². The molecule has 0 spiro atoms. The van der Waals surface area contributed by atoms with E-state index in [0.717, 1.165) is 91.5 Å². The molecule has 0 atom stereocenters. The van der Waals surface area contributed by atoms with E-state index in [1.165, 1.54) is 55.3 Å². The number of nitrogens with zero attached hydrogens (tertiary/aromatic N) is 4. The monoisotopic (exact) mass is 1220 g/mol. The number of thiazole rings is 3. The van der Waals surface area contributed by atoms with E-state index < -0.39 is 5.97 Å². The van der Waals surface area contributed by atoms with Crippen molar-refractivity contribution in [1.29, 1.82) is 0 Å². The molecule has 0 aliphatic carbocycles. The first-order valence-corrected chi connectivity index (χ1v) is 29.1. The van der Waals surface area contributed by atoms with Crippen LogP contribution in [0.4, 0.5) is 15.4 Å². The van der Waals surface area contributed by atoms with Crippen molar-refractivity contribution in [2.75, 3.05) is 51.7 Å². The maximum Gasteiger partial charge on any atom is 0.338 e. The number of ether oxygens (including phenoxy) is 4. The molecule has 7 N–H and O–H groups in total. The zero-order valence-electron chi connectivity index (χ0n) is 45.2. The lowest BCUT2D eigenvalue weighted by molar-refractivity contribution is 0.0590. The summed E-state index contributed by atoms with van der Waals surface area (Å²) in [4.78, 5) is 57.3. The van der Waals surface area contributed by atoms with Gasteiger partial charge in [0, 0.05) is 24.5 Å². The first-order chi connectivity index (χ1) is 37.0. The minimum Gasteiger partial charge on any atom is -0.478 e. The standard InChI is InChI=1S/C14H16N2O2S2.C13H14N2O2S2.C11H13ClO2.C10H12O2.C4H3N3S2.C2H5ClO/c1-8-4-10(5-11(9(8)2)13(17)18-3)7-19-12-6-16-14(15)20-12;1-7-3-9(4-10(8(7)2)12(16)17)6-18-11-5-15-13(14)19-11;1-7-4-9(6-12)5-10(8(7)2)11(13)14-3;1-7-5-4-6-9(8(7)2)10(11)12-3;1-6-9-3-2-7-4(5)8-3;1-4-2-3/h4-6H,7H2,1-3H3,(H2,15,16);3-5H,6H2,1-2H3,(H2,14,15)(H,16,17);4-5H,6H2,1-3H3;4-6H,1-3H3;2H,(H2,5,7);2H2,1H3. The molecular formula is C54H63Cl2N7O9S6. The van der Waals surface area contributed by atoms with Crippen LogP contribution in [0.2, 0.25) is 0 Å². The van der Waals surface area contributed by atoms with Gasteiger partial charge in [0.05, 0.1) is 70.6 Å². The number of carbonyl (C=O) groups excluding carboxylic acids is 3. The first-order valence-electron chi connectivity index (χ1n) is 22.9. The second-order valence-electron chi connectivity index (χ2n) is 16.1. The van der Waals surface area contributed by atoms with Gasteiger partial charge in [-0.1, -0.05) is 75.9 Å². The van der Waals surface area contributed by atoms with E-state index in [2.05, 4.69) is 39.5 Å². The maximum absolute atomic E-state index is 11.8. The third kappa shape index (κ3) is 22.8. The Kier molecular flexibility index (Phi) is 31.1. The van der Waals surface area contributed by atoms with Gasteiger partial charge in [0.15, 0.2) is 19.6 Å². The Bertz CT molecular complexity index is 3140. The summed E-state index contributed by atoms with van der Waals surface area (Å²) in [5, 5.41) is 10.8. The number of esters is 3. The number of nitrogens with two attached hydrogens (primary N) is 3. The Morgan fingerprint density at radius 3 is 1.28 bits per heavy atom. The molecule has 4 aromatic carbocycles. The highest BCUT2D eigenvalue weighted by Gasteiger charge is 2.15. The lowest BCUT2D eigenvalue weighted by Crippen LogP contribution is -2.06. The molecule has 418 valence electrons. The zero-order chi connectivity index (χ0) is 58.6. The minimum atomic E-state index is -0.880. The van der Waals surface area contributed by atoms with Crippen molar-refractivity contribution >= 4 is 132 Å². The molecule has 24 heteroatoms. The highest BCUT2D eigenvalue weighted by molar-refractivity contribution is 8.03. The number of methoxy groups -OCH3 is 4. The van der Waals surface area contributed by atoms with Crippen LogP contribution < -0.4 is 17.2 Å². The van der Waals surface area contributed by atoms with Crippen molar-refractivity contribution in [3.8, 4) is 0 Å². The SMILES string of the molecule is COC(=O)c1cc(CCl)cc(C)c1C.COC(=O)c1cc(CSc2cnc(N)s2)cc(C)c1C.COC(=O)c1cccc(C)c1C.COCCl.Cc1cc(CSc2cnc(N)s2)cc(C(=O)O)c1C.[C-]#[N+]Sc1cnc(N)s1. The molecule has 0 radical (unpaired) electrons. The number of thioether (sulfide) groups is 2. The lowest BCUT2D eigenvalue weighted by atomic mass is 10.0. The number of carboxylic acids is 1. The van der Waals surface area contributed by atoms with E-state index in [1.807, 2.05) is 85.7 Å². The summed E-state index contributed by atoms with van der Waals surface area (Å²) in [6.45, 7) is 21.9. The number of anilines is 3. The number of carboxylic acid groups (broad SMARTS) is 1. The number of carbonyl (C=O) groups is 4. The molecule has 3 heterocycles. The Morgan fingerprint density at radius 1 is 0.564 bits per heavy atom. The van der Waals surface area contributed by atoms with Crippen LogP contribution in [-0.2, 0) is 36.3 Å². The molecule has 0 amide bonds. The summed E-state index contributed by atoms with van der Waals surface area (Å²) < 4.78 is 24.5. The Hall–Kier alpha value is -5.87. The van der Waals surface area contributed by atoms with Gasteiger partial charge in [-0.25, -0.2) is 45.0 Å². The second-order valence-corrected chi connectivity index (χ2v) is 23.4. The average molecular weight is 1220 g/mol. The third-order valence-corrected chi connectivity index (χ3v) is 17.1. The van der Waals surface area contributed by atoms with Gasteiger partial charge in [-0.2, -0.15) is 0 Å². The van der Waals surface area contributed by atoms with Gasteiger partial charge in [0.1, 0.15) is 6.07 Å². The van der Waals surface area contributed by atoms with E-state index in [9.17, 15) is 24.3 Å². The predicted molar refractivity (Wildman–Crippen MR) is 323 cm³/mol. The lowest BCUT2D eigenvalue weighted by Gasteiger charge is -2.10. The summed E-state index contributed by atoms with van der Waals surface area (Å²) in [5.41, 5.74) is 29.7. The molecule has 78 heavy (non-hydrogen) atoms. The predicted octanol–water partition coefficient (Wildman–Crippen LogP) is 14.2. The molecule has 0 bridgehead atoms. The van der Waals surface area contributed by atoms with Crippen molar-refractivity contribution in [1.82, 2.24) is 15.0 Å². The number of nitrogen functional groups attached to an aromatic ring is 3. The molecular weight excluding hydrogens is 1150 g/mol. The maximum atomic E-state index is 11.8. The van der Waals surface area contributed by atoms with Crippen LogP contribution in [0.1, 0.15) is 103 Å². The molecule has 7 rings (SSSR count). The molecule has 7 aromatic rings. The number of aryl methyl sites for hydroxylation is 4. The van der Waals surface area contributed by atoms with E-state index in [0.29, 0.717) is 55.3 Å². The molecule has 0 saturated heterocycles. The highest BCUT2D eigenvalue weighted by atomic mass is 35.5. The molecule has 0 fully saturated rings. The smallest absolute Gasteiger partial charge is 0.338 e. The average Bonchev–Trinajstić information content (AvgIpc) is 4.18. The third-order valence-electron chi connectivity index (χ3n) is 10.9. The van der Waals surface area contributed by atoms with Gasteiger partial charge >= 0.3 is 35.8 Å². The molecule has 0 saturated carbocycles. The number of rotatable bonds is 13. The van der Waals surface area contributed by atoms with Crippen LogP contribution in [0.25, 0.3) is 4.25 Å². The molecule has 16 nitrogen and oxygen atoms in total. The number of benzene rings is 4. The van der Waals surface area contributed by atoms with Crippen LogP contribution in [-0.4, -0.2) is 78.4 Å². The number of halogens is 2. The van der Waals surface area contributed by atoms with Gasteiger partial charge in [-0.15, -0.1) is 35.1 Å². The largest absolute Gasteiger partial charge is 0.478 e. The molecule has 3 aromatic heterocycles. The van der Waals surface area contributed by atoms with Crippen molar-refractivity contribution in [2.45, 2.75) is 85.4 Å². The first kappa shape index (κ1) is 68.2. The summed E-state index contributed by atoms with van der Waals surface area (Å²) >= 11 is 19.3. The molecule has 0 aliphatic heterocycles. The molecule has 0 unspecified atom stereocenters. The quantitative estimate of drug-likeness (QED) is 0.0209. The number of alkyl halides is 2. The summed E-state index contributed by atoms with van der Waals surface area (Å²) in [5.74, 6) is 0.142. The Balaban J connectivity index is 0.000000335. The fourth-order valence-electron chi connectivity index (χ4n) is 6.34. The van der Waals surface area contributed by atoms with Crippen LogP contribution in [0.15, 0.2) is 85.8 Å². The Morgan fingerprint density at radius 2 is 0.923 bits per heavy atom. The zero-order valence-corrected chi connectivity index (χ0v) is 51.6. The topological polar surface area (TPSA) is 247 Å². The fourth-order valence-corrected chi connectivity index (χ4v) is 11.0. The summed E-state index contributed by atoms with van der Waals surface area (Å²) in [7, 11) is 5.72. The highest BCUT2D eigenvalue weighted by Crippen LogP contribution is 2.32. The molecule has 0 aliphatic rings. The number of aromatic nitrogens is 3.